The minimum absolute atomic E-state index is 0.264. The van der Waals surface area contributed by atoms with E-state index < -0.39 is 10.0 Å². The summed E-state index contributed by atoms with van der Waals surface area (Å²) < 4.78 is 27.9. The maximum absolute atomic E-state index is 12.2. The lowest BCUT2D eigenvalue weighted by molar-refractivity contribution is 0.402. The van der Waals surface area contributed by atoms with Gasteiger partial charge in [-0.1, -0.05) is 40.2 Å². The number of hydrogen-bond acceptors (Lipinski definition) is 3. The molecular weight excluding hydrogens is 364 g/mol. The van der Waals surface area contributed by atoms with Crippen LogP contribution < -0.4 is 4.72 Å². The summed E-state index contributed by atoms with van der Waals surface area (Å²) in [5, 5.41) is 0. The highest BCUT2D eigenvalue weighted by atomic mass is 79.9. The summed E-state index contributed by atoms with van der Waals surface area (Å²) in [5.74, 6) is 0. The van der Waals surface area contributed by atoms with Crippen LogP contribution in [0.1, 0.15) is 11.1 Å². The fourth-order valence-electron chi connectivity index (χ4n) is 2.00. The molecule has 0 saturated carbocycles. The molecule has 0 unspecified atom stereocenters. The van der Waals surface area contributed by atoms with Gasteiger partial charge in [-0.3, -0.25) is 0 Å². The van der Waals surface area contributed by atoms with E-state index in [9.17, 15) is 8.42 Å². The van der Waals surface area contributed by atoms with Crippen molar-refractivity contribution in [3.8, 4) is 0 Å². The Kier molecular flexibility index (Phi) is 5.74. The molecular formula is C16H19BrN2O2S. The van der Waals surface area contributed by atoms with Gasteiger partial charge in [0.05, 0.1) is 4.90 Å². The summed E-state index contributed by atoms with van der Waals surface area (Å²) in [7, 11) is 0.545. The van der Waals surface area contributed by atoms with Gasteiger partial charge in [0.25, 0.3) is 0 Å². The molecule has 118 valence electrons. The topological polar surface area (TPSA) is 49.4 Å². The van der Waals surface area contributed by atoms with Crippen molar-refractivity contribution in [2.24, 2.45) is 0 Å². The van der Waals surface area contributed by atoms with Crippen LogP contribution in [0.4, 0.5) is 0 Å². The third-order valence-corrected chi connectivity index (χ3v) is 5.06. The minimum Gasteiger partial charge on any atom is -0.305 e. The van der Waals surface area contributed by atoms with E-state index in [1.54, 1.807) is 24.3 Å². The average Bonchev–Trinajstić information content (AvgIpc) is 2.46. The average molecular weight is 383 g/mol. The van der Waals surface area contributed by atoms with Gasteiger partial charge in [-0.05, 0) is 49.5 Å². The Morgan fingerprint density at radius 2 is 1.50 bits per heavy atom. The number of sulfonamides is 1. The molecule has 0 saturated heterocycles. The summed E-state index contributed by atoms with van der Waals surface area (Å²) >= 11 is 3.29. The third kappa shape index (κ3) is 4.91. The van der Waals surface area contributed by atoms with Gasteiger partial charge in [-0.15, -0.1) is 0 Å². The van der Waals surface area contributed by atoms with Crippen LogP contribution in [0.15, 0.2) is 57.9 Å². The largest absolute Gasteiger partial charge is 0.305 e. The molecule has 0 atom stereocenters. The van der Waals surface area contributed by atoms with Gasteiger partial charge in [0.1, 0.15) is 0 Å². The van der Waals surface area contributed by atoms with Gasteiger partial charge in [-0.25, -0.2) is 13.1 Å². The van der Waals surface area contributed by atoms with E-state index >= 15 is 0 Å². The fourth-order valence-corrected chi connectivity index (χ4v) is 3.29. The molecule has 0 radical (unpaired) electrons. The maximum atomic E-state index is 12.2. The Hall–Kier alpha value is -1.21. The Morgan fingerprint density at radius 1 is 0.955 bits per heavy atom. The SMILES string of the molecule is CN(C)Cc1ccc(CNS(=O)(=O)c2ccc(Br)cc2)cc1. The number of rotatable bonds is 6. The van der Waals surface area contributed by atoms with Gasteiger partial charge < -0.3 is 4.90 Å². The fraction of sp³-hybridized carbons (Fsp3) is 0.250. The van der Waals surface area contributed by atoms with Gasteiger partial charge in [0, 0.05) is 17.6 Å². The lowest BCUT2D eigenvalue weighted by atomic mass is 10.1. The van der Waals surface area contributed by atoms with Crippen LogP contribution in [0.5, 0.6) is 0 Å². The molecule has 0 spiro atoms. The Morgan fingerprint density at radius 3 is 2.05 bits per heavy atom. The molecule has 0 heterocycles. The van der Waals surface area contributed by atoms with Gasteiger partial charge in [-0.2, -0.15) is 0 Å². The Bertz CT molecular complexity index is 711. The molecule has 0 aliphatic carbocycles. The predicted octanol–water partition coefficient (Wildman–Crippen LogP) is 2.99. The van der Waals surface area contributed by atoms with Crippen molar-refractivity contribution in [3.05, 3.63) is 64.1 Å². The van der Waals surface area contributed by atoms with Crippen molar-refractivity contribution in [2.45, 2.75) is 18.0 Å². The molecule has 0 amide bonds. The number of halogens is 1. The van der Waals surface area contributed by atoms with Crippen molar-refractivity contribution in [2.75, 3.05) is 14.1 Å². The third-order valence-electron chi connectivity index (χ3n) is 3.11. The molecule has 4 nitrogen and oxygen atoms in total. The van der Waals surface area contributed by atoms with Crippen molar-refractivity contribution in [1.82, 2.24) is 9.62 Å². The van der Waals surface area contributed by atoms with Crippen molar-refractivity contribution in [1.29, 1.82) is 0 Å². The quantitative estimate of drug-likeness (QED) is 0.835. The van der Waals surface area contributed by atoms with E-state index in [1.165, 1.54) is 5.56 Å². The standard InChI is InChI=1S/C16H19BrN2O2S/c1-19(2)12-14-5-3-13(4-6-14)11-18-22(20,21)16-9-7-15(17)8-10-16/h3-10,18H,11-12H2,1-2H3. The molecule has 6 heteroatoms. The molecule has 0 fully saturated rings. The first-order valence-electron chi connectivity index (χ1n) is 6.84. The molecule has 2 rings (SSSR count). The van der Waals surface area contributed by atoms with Crippen LogP contribution in [0.2, 0.25) is 0 Å². The lowest BCUT2D eigenvalue weighted by Gasteiger charge is -2.11. The van der Waals surface area contributed by atoms with E-state index in [4.69, 9.17) is 0 Å². The molecule has 0 aliphatic heterocycles. The monoisotopic (exact) mass is 382 g/mol. The predicted molar refractivity (Wildman–Crippen MR) is 92.0 cm³/mol. The van der Waals surface area contributed by atoms with E-state index in [1.807, 2.05) is 38.4 Å². The van der Waals surface area contributed by atoms with Crippen LogP contribution in [-0.2, 0) is 23.1 Å². The van der Waals surface area contributed by atoms with Gasteiger partial charge in [0.2, 0.25) is 10.0 Å². The maximum Gasteiger partial charge on any atom is 0.240 e. The summed E-state index contributed by atoms with van der Waals surface area (Å²) in [6.07, 6.45) is 0. The molecule has 0 aliphatic rings. The summed E-state index contributed by atoms with van der Waals surface area (Å²) in [6.45, 7) is 1.14. The van der Waals surface area contributed by atoms with E-state index in [-0.39, 0.29) is 11.4 Å². The number of nitrogens with zero attached hydrogens (tertiary/aromatic N) is 1. The molecule has 2 aromatic carbocycles. The molecule has 22 heavy (non-hydrogen) atoms. The second-order valence-electron chi connectivity index (χ2n) is 5.33. The zero-order chi connectivity index (χ0) is 16.2. The highest BCUT2D eigenvalue weighted by Gasteiger charge is 2.13. The normalized spacial score (nSPS) is 11.8. The highest BCUT2D eigenvalue weighted by molar-refractivity contribution is 9.10. The minimum atomic E-state index is -3.48. The van der Waals surface area contributed by atoms with Gasteiger partial charge in [0.15, 0.2) is 0 Å². The second kappa shape index (κ2) is 7.37. The van der Waals surface area contributed by atoms with E-state index in [0.717, 1.165) is 16.6 Å². The van der Waals surface area contributed by atoms with Crippen LogP contribution in [0, 0.1) is 0 Å². The number of nitrogens with one attached hydrogen (secondary N) is 1. The second-order valence-corrected chi connectivity index (χ2v) is 8.02. The van der Waals surface area contributed by atoms with Crippen LogP contribution in [0.3, 0.4) is 0 Å². The molecule has 1 N–H and O–H groups in total. The van der Waals surface area contributed by atoms with Gasteiger partial charge >= 0.3 is 0 Å². The zero-order valence-electron chi connectivity index (χ0n) is 12.6. The lowest BCUT2D eigenvalue weighted by Crippen LogP contribution is -2.23. The van der Waals surface area contributed by atoms with Crippen LogP contribution >= 0.6 is 15.9 Å². The summed E-state index contributed by atoms with van der Waals surface area (Å²) in [6, 6.07) is 14.5. The van der Waals surface area contributed by atoms with Crippen molar-refractivity contribution >= 4 is 26.0 Å². The number of benzene rings is 2. The Labute approximate surface area is 140 Å². The first-order valence-corrected chi connectivity index (χ1v) is 9.12. The smallest absolute Gasteiger partial charge is 0.240 e. The van der Waals surface area contributed by atoms with Crippen LogP contribution in [-0.4, -0.2) is 27.4 Å². The first kappa shape index (κ1) is 17.1. The molecule has 0 bridgehead atoms. The van der Waals surface area contributed by atoms with Crippen LogP contribution in [0.25, 0.3) is 0 Å². The Balaban J connectivity index is 2.01. The van der Waals surface area contributed by atoms with Crippen molar-refractivity contribution < 1.29 is 8.42 Å². The van der Waals surface area contributed by atoms with Crippen molar-refractivity contribution in [3.63, 3.8) is 0 Å². The molecule has 0 aromatic heterocycles. The number of hydrogen-bond donors (Lipinski definition) is 1. The first-order chi connectivity index (χ1) is 10.4. The zero-order valence-corrected chi connectivity index (χ0v) is 15.0. The van der Waals surface area contributed by atoms with E-state index in [2.05, 4.69) is 25.6 Å². The molecule has 2 aromatic rings. The summed E-state index contributed by atoms with van der Waals surface area (Å²) in [5.41, 5.74) is 2.13. The highest BCUT2D eigenvalue weighted by Crippen LogP contribution is 2.15. The summed E-state index contributed by atoms with van der Waals surface area (Å²) in [4.78, 5) is 2.35. The van der Waals surface area contributed by atoms with E-state index in [0.29, 0.717) is 0 Å².